The van der Waals surface area contributed by atoms with Crippen LogP contribution in [0, 0.1) is 0 Å². The van der Waals surface area contributed by atoms with Crippen LogP contribution in [0.25, 0.3) is 0 Å². The van der Waals surface area contributed by atoms with Crippen molar-refractivity contribution in [1.29, 1.82) is 0 Å². The van der Waals surface area contributed by atoms with Crippen molar-refractivity contribution in [3.05, 3.63) is 29.8 Å². The summed E-state index contributed by atoms with van der Waals surface area (Å²) < 4.78 is 6.64. The maximum absolute atomic E-state index is 5.72. The van der Waals surface area contributed by atoms with Gasteiger partial charge in [0.15, 0.2) is 0 Å². The first-order valence-corrected chi connectivity index (χ1v) is 7.04. The Hall–Kier alpha value is -1.35. The van der Waals surface area contributed by atoms with Crippen LogP contribution in [0.15, 0.2) is 29.3 Å². The van der Waals surface area contributed by atoms with Crippen LogP contribution in [-0.4, -0.2) is 51.5 Å². The average molecular weight is 263 g/mol. The quantitative estimate of drug-likeness (QED) is 0.401. The average Bonchev–Trinajstić information content (AvgIpc) is 2.35. The fourth-order valence-electron chi connectivity index (χ4n) is 1.51. The Morgan fingerprint density at radius 3 is 2.42 bits per heavy atom. The van der Waals surface area contributed by atoms with Crippen LogP contribution in [-0.2, 0) is 0 Å². The summed E-state index contributed by atoms with van der Waals surface area (Å²) in [6, 6.07) is 8.13. The van der Waals surface area contributed by atoms with Gasteiger partial charge in [-0.2, -0.15) is 0 Å². The third-order valence-electron chi connectivity index (χ3n) is 2.79. The molecule has 0 atom stereocenters. The van der Waals surface area contributed by atoms with Gasteiger partial charge in [0, 0.05) is 12.8 Å². The Morgan fingerprint density at radius 2 is 1.84 bits per heavy atom. The number of hydrogen-bond donors (Lipinski definition) is 0. The van der Waals surface area contributed by atoms with E-state index < -0.39 is 0 Å². The highest BCUT2D eigenvalue weighted by Crippen LogP contribution is 2.11. The zero-order chi connectivity index (χ0) is 14.1. The van der Waals surface area contributed by atoms with Gasteiger partial charge in [0.25, 0.3) is 0 Å². The minimum absolute atomic E-state index is 0.743. The van der Waals surface area contributed by atoms with E-state index in [1.807, 2.05) is 18.3 Å². The molecule has 3 nitrogen and oxygen atoms in total. The van der Waals surface area contributed by atoms with E-state index in [4.69, 9.17) is 4.74 Å². The highest BCUT2D eigenvalue weighted by molar-refractivity contribution is 5.79. The predicted octanol–water partition coefficient (Wildman–Crippen LogP) is 2.99. The predicted molar refractivity (Wildman–Crippen MR) is 82.2 cm³/mol. The summed E-state index contributed by atoms with van der Waals surface area (Å²) in [6.45, 7) is 4.84. The lowest BCUT2D eigenvalue weighted by molar-refractivity contribution is -0.870. The van der Waals surface area contributed by atoms with Crippen LogP contribution < -0.4 is 4.74 Å². The van der Waals surface area contributed by atoms with Gasteiger partial charge in [-0.15, -0.1) is 0 Å². The Morgan fingerprint density at radius 1 is 1.16 bits per heavy atom. The number of ether oxygens (including phenoxy) is 1. The third kappa shape index (κ3) is 7.62. The van der Waals surface area contributed by atoms with Crippen molar-refractivity contribution in [3.8, 4) is 5.75 Å². The monoisotopic (exact) mass is 263 g/mol. The molecule has 1 aromatic rings. The Balaban J connectivity index is 2.37. The standard InChI is InChI=1S/C16H27N2O/c1-5-6-11-17-14-15-7-9-16(10-8-15)19-13-12-18(2,3)4/h7-10,14H,5-6,11-13H2,1-4H3/q+1. The van der Waals surface area contributed by atoms with Crippen molar-refractivity contribution in [2.45, 2.75) is 19.8 Å². The van der Waals surface area contributed by atoms with Gasteiger partial charge in [-0.25, -0.2) is 0 Å². The van der Waals surface area contributed by atoms with Crippen molar-refractivity contribution >= 4 is 6.21 Å². The maximum atomic E-state index is 5.72. The number of unbranched alkanes of at least 4 members (excludes halogenated alkanes) is 1. The van der Waals surface area contributed by atoms with Gasteiger partial charge in [-0.3, -0.25) is 4.99 Å². The summed E-state index contributed by atoms with van der Waals surface area (Å²) in [5.74, 6) is 0.930. The lowest BCUT2D eigenvalue weighted by Gasteiger charge is -2.23. The number of hydrogen-bond acceptors (Lipinski definition) is 2. The number of quaternary nitrogens is 1. The van der Waals surface area contributed by atoms with Crippen molar-refractivity contribution < 1.29 is 9.22 Å². The van der Waals surface area contributed by atoms with E-state index in [9.17, 15) is 0 Å². The van der Waals surface area contributed by atoms with Gasteiger partial charge in [0.05, 0.1) is 21.1 Å². The molecular formula is C16H27N2O+. The molecule has 0 saturated carbocycles. The highest BCUT2D eigenvalue weighted by Gasteiger charge is 2.06. The highest BCUT2D eigenvalue weighted by atomic mass is 16.5. The van der Waals surface area contributed by atoms with Crippen LogP contribution in [0.5, 0.6) is 5.75 Å². The molecule has 106 valence electrons. The van der Waals surface area contributed by atoms with Gasteiger partial charge in [-0.1, -0.05) is 13.3 Å². The molecule has 0 aromatic heterocycles. The number of rotatable bonds is 8. The molecule has 0 fully saturated rings. The van der Waals surface area contributed by atoms with Crippen LogP contribution in [0.1, 0.15) is 25.3 Å². The van der Waals surface area contributed by atoms with Gasteiger partial charge in [-0.05, 0) is 36.2 Å². The zero-order valence-electron chi connectivity index (χ0n) is 12.7. The number of benzene rings is 1. The van der Waals surface area contributed by atoms with Gasteiger partial charge >= 0.3 is 0 Å². The zero-order valence-corrected chi connectivity index (χ0v) is 12.7. The molecule has 0 radical (unpaired) electrons. The molecule has 0 spiro atoms. The normalized spacial score (nSPS) is 12.0. The van der Waals surface area contributed by atoms with Crippen LogP contribution >= 0.6 is 0 Å². The molecular weight excluding hydrogens is 236 g/mol. The second-order valence-electron chi connectivity index (χ2n) is 5.82. The fourth-order valence-corrected chi connectivity index (χ4v) is 1.51. The van der Waals surface area contributed by atoms with Gasteiger partial charge in [0.2, 0.25) is 0 Å². The third-order valence-corrected chi connectivity index (χ3v) is 2.79. The second kappa shape index (κ2) is 7.95. The molecule has 1 aromatic carbocycles. The van der Waals surface area contributed by atoms with Gasteiger partial charge < -0.3 is 9.22 Å². The summed E-state index contributed by atoms with van der Waals surface area (Å²) in [5.41, 5.74) is 1.13. The Labute approximate surface area is 117 Å². The van der Waals surface area contributed by atoms with E-state index >= 15 is 0 Å². The first kappa shape index (κ1) is 15.7. The first-order valence-electron chi connectivity index (χ1n) is 7.04. The van der Waals surface area contributed by atoms with Gasteiger partial charge in [0.1, 0.15) is 18.9 Å². The SMILES string of the molecule is CCCCN=Cc1ccc(OCC[N+](C)(C)C)cc1. The van der Waals surface area contributed by atoms with Crippen LogP contribution in [0.4, 0.5) is 0 Å². The number of likely N-dealkylation sites (N-methyl/N-ethyl adjacent to an activating group) is 1. The Bertz CT molecular complexity index is 377. The second-order valence-corrected chi connectivity index (χ2v) is 5.82. The Kier molecular flexibility index (Phi) is 6.57. The summed E-state index contributed by atoms with van der Waals surface area (Å²) >= 11 is 0. The van der Waals surface area contributed by atoms with E-state index in [0.29, 0.717) is 0 Å². The smallest absolute Gasteiger partial charge is 0.137 e. The molecule has 0 saturated heterocycles. The summed E-state index contributed by atoms with van der Waals surface area (Å²) in [6.07, 6.45) is 4.28. The molecule has 0 unspecified atom stereocenters. The topological polar surface area (TPSA) is 21.6 Å². The van der Waals surface area contributed by atoms with E-state index in [-0.39, 0.29) is 0 Å². The van der Waals surface area contributed by atoms with Crippen molar-refractivity contribution in [3.63, 3.8) is 0 Å². The van der Waals surface area contributed by atoms with Crippen molar-refractivity contribution in [2.75, 3.05) is 40.8 Å². The van der Waals surface area contributed by atoms with Crippen LogP contribution in [0.3, 0.4) is 0 Å². The number of nitrogens with zero attached hydrogens (tertiary/aromatic N) is 2. The molecule has 0 heterocycles. The largest absolute Gasteiger partial charge is 0.488 e. The van der Waals surface area contributed by atoms with E-state index in [0.717, 1.165) is 41.9 Å². The van der Waals surface area contributed by atoms with E-state index in [2.05, 4.69) is 45.2 Å². The van der Waals surface area contributed by atoms with E-state index in [1.54, 1.807) is 0 Å². The fraction of sp³-hybridized carbons (Fsp3) is 0.562. The van der Waals surface area contributed by atoms with E-state index in [1.165, 1.54) is 6.42 Å². The number of aliphatic imine (C=N–C) groups is 1. The summed E-state index contributed by atoms with van der Waals surface area (Å²) in [7, 11) is 6.50. The molecule has 0 aliphatic heterocycles. The molecule has 0 amide bonds. The summed E-state index contributed by atoms with van der Waals surface area (Å²) in [5, 5.41) is 0. The molecule has 0 bridgehead atoms. The molecule has 0 aliphatic carbocycles. The summed E-state index contributed by atoms with van der Waals surface area (Å²) in [4.78, 5) is 4.39. The lowest BCUT2D eigenvalue weighted by Crippen LogP contribution is -2.38. The minimum atomic E-state index is 0.743. The lowest BCUT2D eigenvalue weighted by atomic mass is 10.2. The molecule has 0 aliphatic rings. The minimum Gasteiger partial charge on any atom is -0.488 e. The van der Waals surface area contributed by atoms with Crippen molar-refractivity contribution in [1.82, 2.24) is 0 Å². The first-order chi connectivity index (χ1) is 9.01. The molecule has 3 heteroatoms. The maximum Gasteiger partial charge on any atom is 0.137 e. The molecule has 1 rings (SSSR count). The molecule has 0 N–H and O–H groups in total. The van der Waals surface area contributed by atoms with Crippen LogP contribution in [0.2, 0.25) is 0 Å². The molecule has 19 heavy (non-hydrogen) atoms. The van der Waals surface area contributed by atoms with Crippen molar-refractivity contribution in [2.24, 2.45) is 4.99 Å².